The standard InChI is InChI=1S/C17H20N4O3S/c1-4-21-8-14-13(17(21)23)5-11(16(20-14)24-3)7-18-15(22)6-12-9-25-10(2)19-12/h5,8-9,23H,4,6-7H2,1-3H3,(H,18,22). The largest absolute Gasteiger partial charge is 0.494 e. The van der Waals surface area contributed by atoms with E-state index in [1.165, 1.54) is 18.4 Å². The average molecular weight is 360 g/mol. The molecule has 3 aromatic rings. The third kappa shape index (κ3) is 3.58. The highest BCUT2D eigenvalue weighted by molar-refractivity contribution is 7.09. The van der Waals surface area contributed by atoms with E-state index in [0.717, 1.165) is 10.7 Å². The first-order valence-electron chi connectivity index (χ1n) is 7.95. The second kappa shape index (κ2) is 7.10. The Kier molecular flexibility index (Phi) is 4.89. The first kappa shape index (κ1) is 17.2. The summed E-state index contributed by atoms with van der Waals surface area (Å²) < 4.78 is 7.04. The highest BCUT2D eigenvalue weighted by Gasteiger charge is 2.15. The van der Waals surface area contributed by atoms with E-state index in [1.807, 2.05) is 19.2 Å². The molecule has 0 aliphatic heterocycles. The molecule has 132 valence electrons. The number of carbonyl (C=O) groups is 1. The van der Waals surface area contributed by atoms with Gasteiger partial charge in [0.05, 0.1) is 35.1 Å². The molecule has 25 heavy (non-hydrogen) atoms. The van der Waals surface area contributed by atoms with Crippen LogP contribution in [-0.2, 0) is 24.3 Å². The van der Waals surface area contributed by atoms with Gasteiger partial charge in [0.15, 0.2) is 0 Å². The summed E-state index contributed by atoms with van der Waals surface area (Å²) in [5.74, 6) is 0.478. The lowest BCUT2D eigenvalue weighted by molar-refractivity contribution is -0.120. The summed E-state index contributed by atoms with van der Waals surface area (Å²) in [7, 11) is 1.54. The summed E-state index contributed by atoms with van der Waals surface area (Å²) in [6.45, 7) is 4.76. The number of hydrogen-bond acceptors (Lipinski definition) is 6. The van der Waals surface area contributed by atoms with Crippen molar-refractivity contribution in [3.63, 3.8) is 0 Å². The van der Waals surface area contributed by atoms with Gasteiger partial charge in [0, 0.05) is 30.2 Å². The van der Waals surface area contributed by atoms with Gasteiger partial charge in [-0.25, -0.2) is 9.97 Å². The van der Waals surface area contributed by atoms with Crippen LogP contribution in [0.5, 0.6) is 11.8 Å². The van der Waals surface area contributed by atoms with Gasteiger partial charge in [-0.2, -0.15) is 0 Å². The van der Waals surface area contributed by atoms with Crippen molar-refractivity contribution in [2.75, 3.05) is 7.11 Å². The van der Waals surface area contributed by atoms with Crippen LogP contribution in [0.25, 0.3) is 10.9 Å². The number of rotatable bonds is 6. The fraction of sp³-hybridized carbons (Fsp3) is 0.353. The summed E-state index contributed by atoms with van der Waals surface area (Å²) >= 11 is 1.52. The van der Waals surface area contributed by atoms with Crippen molar-refractivity contribution >= 4 is 28.1 Å². The minimum absolute atomic E-state index is 0.122. The lowest BCUT2D eigenvalue weighted by atomic mass is 10.2. The topological polar surface area (TPSA) is 89.3 Å². The number of thiazole rings is 1. The Bertz CT molecular complexity index is 916. The third-order valence-electron chi connectivity index (χ3n) is 3.90. The van der Waals surface area contributed by atoms with Crippen LogP contribution in [0.3, 0.4) is 0 Å². The molecule has 0 saturated heterocycles. The first-order chi connectivity index (χ1) is 12.0. The molecule has 1 amide bonds. The number of aromatic nitrogens is 3. The zero-order valence-corrected chi connectivity index (χ0v) is 15.2. The molecule has 0 bridgehead atoms. The van der Waals surface area contributed by atoms with Crippen LogP contribution in [0.4, 0.5) is 0 Å². The zero-order valence-electron chi connectivity index (χ0n) is 14.4. The van der Waals surface area contributed by atoms with Crippen LogP contribution in [0.1, 0.15) is 23.2 Å². The summed E-state index contributed by atoms with van der Waals surface area (Å²) in [5, 5.41) is 16.6. The quantitative estimate of drug-likeness (QED) is 0.704. The van der Waals surface area contributed by atoms with Crippen molar-refractivity contribution in [1.82, 2.24) is 19.9 Å². The Morgan fingerprint density at radius 2 is 2.24 bits per heavy atom. The number of aryl methyl sites for hydroxylation is 2. The first-order valence-corrected chi connectivity index (χ1v) is 8.83. The van der Waals surface area contributed by atoms with E-state index in [2.05, 4.69) is 15.3 Å². The number of methoxy groups -OCH3 is 1. The van der Waals surface area contributed by atoms with Crippen molar-refractivity contribution in [3.8, 4) is 11.8 Å². The van der Waals surface area contributed by atoms with Crippen LogP contribution in [0.15, 0.2) is 17.6 Å². The number of nitrogens with zero attached hydrogens (tertiary/aromatic N) is 3. The van der Waals surface area contributed by atoms with Gasteiger partial charge in [-0.15, -0.1) is 11.3 Å². The van der Waals surface area contributed by atoms with Crippen LogP contribution in [0.2, 0.25) is 0 Å². The van der Waals surface area contributed by atoms with Gasteiger partial charge in [-0.05, 0) is 19.9 Å². The van der Waals surface area contributed by atoms with E-state index >= 15 is 0 Å². The Balaban J connectivity index is 1.77. The smallest absolute Gasteiger partial charge is 0.226 e. The summed E-state index contributed by atoms with van der Waals surface area (Å²) in [5.41, 5.74) is 2.13. The molecule has 3 aromatic heterocycles. The average Bonchev–Trinajstić information content (AvgIpc) is 3.15. The normalized spacial score (nSPS) is 11.0. The van der Waals surface area contributed by atoms with Crippen LogP contribution in [0, 0.1) is 6.92 Å². The van der Waals surface area contributed by atoms with Crippen molar-refractivity contribution in [1.29, 1.82) is 0 Å². The Morgan fingerprint density at radius 3 is 2.88 bits per heavy atom. The highest BCUT2D eigenvalue weighted by atomic mass is 32.1. The van der Waals surface area contributed by atoms with E-state index in [1.54, 1.807) is 16.8 Å². The molecule has 0 aliphatic rings. The van der Waals surface area contributed by atoms with Crippen LogP contribution >= 0.6 is 11.3 Å². The van der Waals surface area contributed by atoms with Crippen molar-refractivity contribution in [2.24, 2.45) is 0 Å². The van der Waals surface area contributed by atoms with Gasteiger partial charge >= 0.3 is 0 Å². The molecule has 0 fully saturated rings. The summed E-state index contributed by atoms with van der Waals surface area (Å²) in [6.07, 6.45) is 2.01. The maximum Gasteiger partial charge on any atom is 0.226 e. The van der Waals surface area contributed by atoms with Crippen LogP contribution in [-0.4, -0.2) is 32.7 Å². The van der Waals surface area contributed by atoms with Gasteiger partial charge in [0.25, 0.3) is 0 Å². The molecule has 0 spiro atoms. The van der Waals surface area contributed by atoms with E-state index in [9.17, 15) is 9.90 Å². The molecule has 0 aromatic carbocycles. The monoisotopic (exact) mass is 360 g/mol. The third-order valence-corrected chi connectivity index (χ3v) is 4.72. The van der Waals surface area contributed by atoms with Gasteiger partial charge in [0.1, 0.15) is 0 Å². The molecule has 0 atom stereocenters. The Hall–Kier alpha value is -2.61. The van der Waals surface area contributed by atoms with Gasteiger partial charge in [0.2, 0.25) is 17.7 Å². The molecule has 0 aliphatic carbocycles. The number of ether oxygens (including phenoxy) is 1. The van der Waals surface area contributed by atoms with E-state index < -0.39 is 0 Å². The highest BCUT2D eigenvalue weighted by Crippen LogP contribution is 2.30. The van der Waals surface area contributed by atoms with Crippen molar-refractivity contribution in [3.05, 3.63) is 33.9 Å². The number of carbonyl (C=O) groups excluding carboxylic acids is 1. The van der Waals surface area contributed by atoms with Crippen molar-refractivity contribution < 1.29 is 14.6 Å². The van der Waals surface area contributed by atoms with Gasteiger partial charge in [-0.3, -0.25) is 4.79 Å². The molecular formula is C17H20N4O3S. The Morgan fingerprint density at radius 1 is 1.44 bits per heavy atom. The van der Waals surface area contributed by atoms with E-state index in [-0.39, 0.29) is 24.8 Å². The van der Waals surface area contributed by atoms with E-state index in [4.69, 9.17) is 4.74 Å². The van der Waals surface area contributed by atoms with Gasteiger partial charge in [-0.1, -0.05) is 0 Å². The molecule has 3 rings (SSSR count). The second-order valence-electron chi connectivity index (χ2n) is 5.64. The molecule has 0 unspecified atom stereocenters. The summed E-state index contributed by atoms with van der Waals surface area (Å²) in [4.78, 5) is 20.8. The zero-order chi connectivity index (χ0) is 18.0. The number of aromatic hydroxyl groups is 1. The fourth-order valence-electron chi connectivity index (χ4n) is 2.65. The Labute approximate surface area is 149 Å². The van der Waals surface area contributed by atoms with Gasteiger partial charge < -0.3 is 19.7 Å². The lowest BCUT2D eigenvalue weighted by Gasteiger charge is -2.09. The minimum Gasteiger partial charge on any atom is -0.494 e. The molecule has 0 radical (unpaired) electrons. The SMILES string of the molecule is CCn1cc2nc(OC)c(CNC(=O)Cc3csc(C)n3)cc2c1O. The van der Waals surface area contributed by atoms with Crippen molar-refractivity contribution in [2.45, 2.75) is 33.4 Å². The number of pyridine rings is 1. The molecular weight excluding hydrogens is 340 g/mol. The summed E-state index contributed by atoms with van der Waals surface area (Å²) in [6, 6.07) is 1.80. The number of hydrogen-bond donors (Lipinski definition) is 2. The second-order valence-corrected chi connectivity index (χ2v) is 6.70. The number of nitrogens with one attached hydrogen (secondary N) is 1. The minimum atomic E-state index is -0.122. The molecule has 7 nitrogen and oxygen atoms in total. The van der Waals surface area contributed by atoms with Crippen LogP contribution < -0.4 is 10.1 Å². The molecule has 2 N–H and O–H groups in total. The maximum absolute atomic E-state index is 12.1. The number of amides is 1. The lowest BCUT2D eigenvalue weighted by Crippen LogP contribution is -2.25. The maximum atomic E-state index is 12.1. The van der Waals surface area contributed by atoms with E-state index in [0.29, 0.717) is 28.9 Å². The fourth-order valence-corrected chi connectivity index (χ4v) is 3.26. The number of fused-ring (bicyclic) bond motifs is 1. The molecule has 3 heterocycles. The molecule has 0 saturated carbocycles. The molecule has 8 heteroatoms. The predicted octanol–water partition coefficient (Wildman–Crippen LogP) is 2.39. The predicted molar refractivity (Wildman–Crippen MR) is 96.0 cm³/mol.